The van der Waals surface area contributed by atoms with Crippen LogP contribution in [0.1, 0.15) is 24.0 Å². The third-order valence-electron chi connectivity index (χ3n) is 6.97. The summed E-state index contributed by atoms with van der Waals surface area (Å²) in [6.45, 7) is 0.728. The van der Waals surface area contributed by atoms with Crippen LogP contribution in [0.2, 0.25) is 0 Å². The SMILES string of the molecule is COc1ccc(NC(=O)C2CCN(C(=O)[C@@H](Cc3ccccc3)NC(=O)/C=C/c3ccc(OC(F)(F)F)cc3)CC2)cc1. The van der Waals surface area contributed by atoms with Crippen LogP contribution in [0.15, 0.2) is 84.9 Å². The number of benzene rings is 3. The Balaban J connectivity index is 1.35. The number of carbonyl (C=O) groups excluding carboxylic acids is 3. The molecule has 226 valence electrons. The Morgan fingerprint density at radius 1 is 0.930 bits per heavy atom. The van der Waals surface area contributed by atoms with Crippen LogP contribution in [0.3, 0.4) is 0 Å². The molecule has 0 aliphatic carbocycles. The number of amides is 3. The van der Waals surface area contributed by atoms with Crippen LogP contribution in [0.4, 0.5) is 18.9 Å². The number of methoxy groups -OCH3 is 1. The van der Waals surface area contributed by atoms with Crippen LogP contribution in [0, 0.1) is 5.92 Å². The monoisotopic (exact) mass is 595 g/mol. The Labute approximate surface area is 247 Å². The summed E-state index contributed by atoms with van der Waals surface area (Å²) in [6.07, 6.45) is -0.914. The fraction of sp³-hybridized carbons (Fsp3) is 0.281. The van der Waals surface area contributed by atoms with Gasteiger partial charge in [0.05, 0.1) is 7.11 Å². The first-order valence-corrected chi connectivity index (χ1v) is 13.7. The van der Waals surface area contributed by atoms with Gasteiger partial charge < -0.3 is 25.0 Å². The number of nitrogens with zero attached hydrogens (tertiary/aromatic N) is 1. The molecule has 4 rings (SSSR count). The van der Waals surface area contributed by atoms with Gasteiger partial charge >= 0.3 is 6.36 Å². The molecule has 11 heteroatoms. The van der Waals surface area contributed by atoms with Crippen molar-refractivity contribution in [2.24, 2.45) is 5.92 Å². The predicted octanol–water partition coefficient (Wildman–Crippen LogP) is 5.21. The molecule has 1 heterocycles. The Kier molecular flexibility index (Phi) is 10.4. The zero-order chi connectivity index (χ0) is 30.8. The van der Waals surface area contributed by atoms with Gasteiger partial charge in [0.25, 0.3) is 0 Å². The molecule has 43 heavy (non-hydrogen) atoms. The van der Waals surface area contributed by atoms with Gasteiger partial charge in [-0.25, -0.2) is 0 Å². The number of likely N-dealkylation sites (tertiary alicyclic amines) is 1. The van der Waals surface area contributed by atoms with E-state index in [9.17, 15) is 27.6 Å². The predicted molar refractivity (Wildman–Crippen MR) is 155 cm³/mol. The summed E-state index contributed by atoms with van der Waals surface area (Å²) in [5, 5.41) is 5.68. The molecule has 3 aromatic rings. The molecule has 1 aliphatic rings. The number of alkyl halides is 3. The van der Waals surface area contributed by atoms with E-state index in [1.54, 1.807) is 36.3 Å². The van der Waals surface area contributed by atoms with Crippen LogP contribution in [0.25, 0.3) is 6.08 Å². The summed E-state index contributed by atoms with van der Waals surface area (Å²) in [5.41, 5.74) is 2.00. The Morgan fingerprint density at radius 3 is 2.16 bits per heavy atom. The van der Waals surface area contributed by atoms with Crippen molar-refractivity contribution in [3.63, 3.8) is 0 Å². The minimum Gasteiger partial charge on any atom is -0.497 e. The van der Waals surface area contributed by atoms with Crippen molar-refractivity contribution < 1.29 is 37.0 Å². The van der Waals surface area contributed by atoms with Crippen LogP contribution in [-0.2, 0) is 20.8 Å². The number of hydrogen-bond acceptors (Lipinski definition) is 5. The first-order valence-electron chi connectivity index (χ1n) is 13.7. The highest BCUT2D eigenvalue weighted by molar-refractivity contribution is 5.96. The van der Waals surface area contributed by atoms with Crippen molar-refractivity contribution in [1.29, 1.82) is 0 Å². The largest absolute Gasteiger partial charge is 0.573 e. The van der Waals surface area contributed by atoms with Crippen molar-refractivity contribution >= 4 is 29.5 Å². The van der Waals surface area contributed by atoms with Crippen LogP contribution in [0.5, 0.6) is 11.5 Å². The molecule has 2 N–H and O–H groups in total. The highest BCUT2D eigenvalue weighted by Crippen LogP contribution is 2.24. The van der Waals surface area contributed by atoms with E-state index < -0.39 is 18.3 Å². The number of rotatable bonds is 10. The Morgan fingerprint density at radius 2 is 1.56 bits per heavy atom. The molecule has 3 amide bonds. The summed E-state index contributed by atoms with van der Waals surface area (Å²) in [6, 6.07) is 20.5. The van der Waals surface area contributed by atoms with E-state index in [2.05, 4.69) is 15.4 Å². The molecular weight excluding hydrogens is 563 g/mol. The van der Waals surface area contributed by atoms with Crippen LogP contribution in [-0.4, -0.2) is 55.2 Å². The third-order valence-corrected chi connectivity index (χ3v) is 6.97. The number of carbonyl (C=O) groups is 3. The van der Waals surface area contributed by atoms with Crippen molar-refractivity contribution in [3.8, 4) is 11.5 Å². The van der Waals surface area contributed by atoms with E-state index in [-0.39, 0.29) is 29.9 Å². The highest BCUT2D eigenvalue weighted by Gasteiger charge is 2.32. The molecule has 1 aliphatic heterocycles. The van der Waals surface area contributed by atoms with Crippen molar-refractivity contribution in [3.05, 3.63) is 96.1 Å². The van der Waals surface area contributed by atoms with Crippen LogP contribution < -0.4 is 20.1 Å². The summed E-state index contributed by atoms with van der Waals surface area (Å²) < 4.78 is 46.2. The van der Waals surface area contributed by atoms with Gasteiger partial charge in [-0.15, -0.1) is 13.2 Å². The van der Waals surface area contributed by atoms with E-state index in [1.165, 1.54) is 24.3 Å². The van der Waals surface area contributed by atoms with E-state index >= 15 is 0 Å². The van der Waals surface area contributed by atoms with Crippen LogP contribution >= 0.6 is 0 Å². The van der Waals surface area contributed by atoms with Gasteiger partial charge in [0.1, 0.15) is 17.5 Å². The molecule has 1 saturated heterocycles. The number of halogens is 3. The summed E-state index contributed by atoms with van der Waals surface area (Å²) in [4.78, 5) is 40.9. The lowest BCUT2D eigenvalue weighted by atomic mass is 9.94. The Hall–Kier alpha value is -4.80. The topological polar surface area (TPSA) is 97.0 Å². The lowest BCUT2D eigenvalue weighted by Gasteiger charge is -2.34. The first-order chi connectivity index (χ1) is 20.6. The van der Waals surface area contributed by atoms with Gasteiger partial charge in [-0.1, -0.05) is 42.5 Å². The number of hydrogen-bond donors (Lipinski definition) is 2. The molecule has 0 radical (unpaired) electrons. The zero-order valence-electron chi connectivity index (χ0n) is 23.5. The molecular formula is C32H32F3N3O5. The summed E-state index contributed by atoms with van der Waals surface area (Å²) >= 11 is 0. The smallest absolute Gasteiger partial charge is 0.497 e. The average molecular weight is 596 g/mol. The molecule has 3 aromatic carbocycles. The average Bonchev–Trinajstić information content (AvgIpc) is 3.00. The quantitative estimate of drug-likeness (QED) is 0.314. The van der Waals surface area contributed by atoms with E-state index in [1.807, 2.05) is 30.3 Å². The number of ether oxygens (including phenoxy) is 2. The van der Waals surface area contributed by atoms with Gasteiger partial charge in [0, 0.05) is 37.2 Å². The lowest BCUT2D eigenvalue weighted by molar-refractivity contribution is -0.274. The zero-order valence-corrected chi connectivity index (χ0v) is 23.5. The fourth-order valence-electron chi connectivity index (χ4n) is 4.72. The van der Waals surface area contributed by atoms with Gasteiger partial charge in [-0.05, 0) is 66.4 Å². The standard InChI is InChI=1S/C32H32F3N3O5/c1-42-26-14-10-25(11-15-26)36-30(40)24-17-19-38(20-18-24)31(41)28(21-23-5-3-2-4-6-23)37-29(39)16-9-22-7-12-27(13-8-22)43-32(33,34)35/h2-16,24,28H,17-21H2,1H3,(H,36,40)(H,37,39)/b16-9+/t28-/m1/s1. The maximum atomic E-state index is 13.6. The van der Waals surface area contributed by atoms with Crippen molar-refractivity contribution in [2.75, 3.05) is 25.5 Å². The summed E-state index contributed by atoms with van der Waals surface area (Å²) in [7, 11) is 1.57. The molecule has 0 bridgehead atoms. The lowest BCUT2D eigenvalue weighted by Crippen LogP contribution is -2.52. The van der Waals surface area contributed by atoms with Gasteiger partial charge in [0.15, 0.2) is 0 Å². The van der Waals surface area contributed by atoms with E-state index in [4.69, 9.17) is 4.74 Å². The van der Waals surface area contributed by atoms with Crippen molar-refractivity contribution in [1.82, 2.24) is 10.2 Å². The molecule has 1 fully saturated rings. The van der Waals surface area contributed by atoms with Crippen molar-refractivity contribution in [2.45, 2.75) is 31.7 Å². The maximum Gasteiger partial charge on any atom is 0.573 e. The second-order valence-corrected chi connectivity index (χ2v) is 10.0. The highest BCUT2D eigenvalue weighted by atomic mass is 19.4. The minimum absolute atomic E-state index is 0.116. The van der Waals surface area contributed by atoms with Gasteiger partial charge in [0.2, 0.25) is 17.7 Å². The molecule has 8 nitrogen and oxygen atoms in total. The second kappa shape index (κ2) is 14.4. The number of piperidine rings is 1. The molecule has 1 atom stereocenters. The molecule has 0 aromatic heterocycles. The second-order valence-electron chi connectivity index (χ2n) is 10.0. The van der Waals surface area contributed by atoms with Gasteiger partial charge in [-0.3, -0.25) is 14.4 Å². The first kappa shape index (κ1) is 31.1. The van der Waals surface area contributed by atoms with Gasteiger partial charge in [-0.2, -0.15) is 0 Å². The van der Waals surface area contributed by atoms with E-state index in [0.29, 0.717) is 42.9 Å². The maximum absolute atomic E-state index is 13.6. The number of anilines is 1. The van der Waals surface area contributed by atoms with E-state index in [0.717, 1.165) is 17.7 Å². The minimum atomic E-state index is -4.80. The third kappa shape index (κ3) is 9.63. The summed E-state index contributed by atoms with van der Waals surface area (Å²) in [5.74, 6) is -0.846. The fourth-order valence-corrected chi connectivity index (χ4v) is 4.72. The normalized spacial score (nSPS) is 14.7. The number of nitrogens with one attached hydrogen (secondary N) is 2. The molecule has 0 saturated carbocycles. The molecule has 0 unspecified atom stereocenters. The molecule has 0 spiro atoms. The Bertz CT molecular complexity index is 1400.